The van der Waals surface area contributed by atoms with E-state index < -0.39 is 5.82 Å². The molecule has 0 aliphatic heterocycles. The van der Waals surface area contributed by atoms with E-state index in [4.69, 9.17) is 14.6 Å². The molecule has 5 heteroatoms. The highest BCUT2D eigenvalue weighted by atomic mass is 19.1. The summed E-state index contributed by atoms with van der Waals surface area (Å²) in [6.07, 6.45) is 0.893. The number of hydrogen-bond acceptors (Lipinski definition) is 4. The predicted molar refractivity (Wildman–Crippen MR) is 67.1 cm³/mol. The molecule has 0 bridgehead atoms. The molecule has 0 atom stereocenters. The fourth-order valence-electron chi connectivity index (χ4n) is 1.44. The summed E-state index contributed by atoms with van der Waals surface area (Å²) in [7, 11) is 1.64. The van der Waals surface area contributed by atoms with Crippen LogP contribution in [0.25, 0.3) is 0 Å². The van der Waals surface area contributed by atoms with Gasteiger partial charge in [0.2, 0.25) is 0 Å². The Hall–Kier alpha value is -1.17. The smallest absolute Gasteiger partial charge is 0.165 e. The number of ether oxygens (including phenoxy) is 2. The Morgan fingerprint density at radius 1 is 1.28 bits per heavy atom. The van der Waals surface area contributed by atoms with Crippen LogP contribution in [0.15, 0.2) is 18.2 Å². The van der Waals surface area contributed by atoms with Crippen LogP contribution in [0, 0.1) is 5.82 Å². The highest BCUT2D eigenvalue weighted by molar-refractivity contribution is 5.27. The van der Waals surface area contributed by atoms with Gasteiger partial charge in [-0.25, -0.2) is 4.39 Å². The maximum absolute atomic E-state index is 13.0. The van der Waals surface area contributed by atoms with Gasteiger partial charge in [0, 0.05) is 20.3 Å². The molecule has 1 aromatic rings. The van der Waals surface area contributed by atoms with Gasteiger partial charge in [0.15, 0.2) is 11.6 Å². The van der Waals surface area contributed by atoms with Crippen LogP contribution in [0.3, 0.4) is 0 Å². The van der Waals surface area contributed by atoms with Crippen molar-refractivity contribution in [1.82, 2.24) is 5.32 Å². The molecule has 1 rings (SSSR count). The molecule has 0 aliphatic carbocycles. The average Bonchev–Trinajstić information content (AvgIpc) is 2.37. The number of phenols is 1. The Labute approximate surface area is 107 Å². The minimum Gasteiger partial charge on any atom is -0.505 e. The summed E-state index contributed by atoms with van der Waals surface area (Å²) in [5.74, 6) is -0.900. The molecule has 4 nitrogen and oxygen atoms in total. The van der Waals surface area contributed by atoms with Crippen molar-refractivity contribution in [2.24, 2.45) is 0 Å². The Balaban J connectivity index is 2.05. The molecule has 0 fully saturated rings. The lowest BCUT2D eigenvalue weighted by Gasteiger charge is -2.06. The van der Waals surface area contributed by atoms with Crippen molar-refractivity contribution < 1.29 is 19.0 Å². The Bertz CT molecular complexity index is 347. The molecule has 0 aromatic heterocycles. The second kappa shape index (κ2) is 8.85. The molecule has 2 N–H and O–H groups in total. The highest BCUT2D eigenvalue weighted by Crippen LogP contribution is 2.15. The first-order valence-electron chi connectivity index (χ1n) is 5.99. The lowest BCUT2D eigenvalue weighted by molar-refractivity contribution is 0.0695. The molecular weight excluding hydrogens is 237 g/mol. The van der Waals surface area contributed by atoms with Crippen LogP contribution in [0.4, 0.5) is 4.39 Å². The monoisotopic (exact) mass is 257 g/mol. The fraction of sp³-hybridized carbons (Fsp3) is 0.538. The molecule has 0 amide bonds. The third kappa shape index (κ3) is 5.95. The number of halogens is 1. The summed E-state index contributed by atoms with van der Waals surface area (Å²) in [5, 5.41) is 12.2. The van der Waals surface area contributed by atoms with E-state index in [2.05, 4.69) is 5.32 Å². The van der Waals surface area contributed by atoms with E-state index in [0.29, 0.717) is 26.4 Å². The fourth-order valence-corrected chi connectivity index (χ4v) is 1.44. The molecule has 102 valence electrons. The van der Waals surface area contributed by atoms with Crippen molar-refractivity contribution in [2.75, 3.05) is 33.5 Å². The van der Waals surface area contributed by atoms with Crippen molar-refractivity contribution in [3.05, 3.63) is 29.6 Å². The Kier molecular flexibility index (Phi) is 7.32. The van der Waals surface area contributed by atoms with Gasteiger partial charge in [-0.2, -0.15) is 0 Å². The number of hydrogen-bond donors (Lipinski definition) is 2. The molecule has 0 saturated heterocycles. The van der Waals surface area contributed by atoms with Crippen molar-refractivity contribution in [3.63, 3.8) is 0 Å². The van der Waals surface area contributed by atoms with Crippen molar-refractivity contribution in [2.45, 2.75) is 13.0 Å². The van der Waals surface area contributed by atoms with Crippen LogP contribution in [0.1, 0.15) is 12.0 Å². The van der Waals surface area contributed by atoms with Gasteiger partial charge in [0.25, 0.3) is 0 Å². The van der Waals surface area contributed by atoms with E-state index in [1.807, 2.05) is 0 Å². The van der Waals surface area contributed by atoms with Gasteiger partial charge in [-0.05, 0) is 30.7 Å². The normalized spacial score (nSPS) is 10.8. The van der Waals surface area contributed by atoms with Crippen molar-refractivity contribution >= 4 is 0 Å². The first-order chi connectivity index (χ1) is 8.74. The molecule has 0 aliphatic rings. The summed E-state index contributed by atoms with van der Waals surface area (Å²) in [4.78, 5) is 0. The number of aromatic hydroxyl groups is 1. The number of benzene rings is 1. The van der Waals surface area contributed by atoms with Gasteiger partial charge < -0.3 is 19.9 Å². The zero-order chi connectivity index (χ0) is 13.2. The topological polar surface area (TPSA) is 50.7 Å². The summed E-state index contributed by atoms with van der Waals surface area (Å²) in [6.45, 7) is 3.28. The zero-order valence-electron chi connectivity index (χ0n) is 10.6. The molecule has 1 aromatic carbocycles. The number of rotatable bonds is 9. The number of methoxy groups -OCH3 is 1. The summed E-state index contributed by atoms with van der Waals surface area (Å²) in [6, 6.07) is 4.39. The van der Waals surface area contributed by atoms with Crippen LogP contribution in [-0.4, -0.2) is 38.6 Å². The minimum absolute atomic E-state index is 0.315. The number of phenolic OH excluding ortho intramolecular Hbond substituents is 1. The Morgan fingerprint density at radius 3 is 2.83 bits per heavy atom. The maximum Gasteiger partial charge on any atom is 0.165 e. The summed E-state index contributed by atoms with van der Waals surface area (Å²) < 4.78 is 23.2. The maximum atomic E-state index is 13.0. The standard InChI is InChI=1S/C13H20FNO3/c1-17-7-8-18-6-2-5-15-10-11-3-4-13(16)12(14)9-11/h3-4,9,15-16H,2,5-8,10H2,1H3. The van der Waals surface area contributed by atoms with Gasteiger partial charge in [-0.3, -0.25) is 0 Å². The van der Waals surface area contributed by atoms with Crippen LogP contribution in [0.2, 0.25) is 0 Å². The van der Waals surface area contributed by atoms with Crippen molar-refractivity contribution in [1.29, 1.82) is 0 Å². The highest BCUT2D eigenvalue weighted by Gasteiger charge is 2.00. The minimum atomic E-state index is -0.586. The van der Waals surface area contributed by atoms with Crippen LogP contribution in [-0.2, 0) is 16.0 Å². The summed E-state index contributed by atoms with van der Waals surface area (Å²) in [5.41, 5.74) is 0.811. The second-order valence-electron chi connectivity index (χ2n) is 3.92. The third-order valence-electron chi connectivity index (χ3n) is 2.42. The third-order valence-corrected chi connectivity index (χ3v) is 2.42. The SMILES string of the molecule is COCCOCCCNCc1ccc(O)c(F)c1. The quantitative estimate of drug-likeness (QED) is 0.661. The summed E-state index contributed by atoms with van der Waals surface area (Å²) >= 11 is 0. The average molecular weight is 257 g/mol. The van der Waals surface area contributed by atoms with Crippen molar-refractivity contribution in [3.8, 4) is 5.75 Å². The predicted octanol–water partition coefficient (Wildman–Crippen LogP) is 1.67. The van der Waals surface area contributed by atoms with Crippen LogP contribution in [0.5, 0.6) is 5.75 Å². The van der Waals surface area contributed by atoms with Gasteiger partial charge in [-0.15, -0.1) is 0 Å². The lowest BCUT2D eigenvalue weighted by atomic mass is 10.2. The molecule has 0 saturated carbocycles. The molecule has 0 radical (unpaired) electrons. The van der Waals surface area contributed by atoms with E-state index in [1.54, 1.807) is 13.2 Å². The molecule has 0 heterocycles. The number of nitrogens with one attached hydrogen (secondary N) is 1. The molecule has 18 heavy (non-hydrogen) atoms. The lowest BCUT2D eigenvalue weighted by Crippen LogP contribution is -2.17. The zero-order valence-corrected chi connectivity index (χ0v) is 10.6. The molecule has 0 spiro atoms. The first-order valence-corrected chi connectivity index (χ1v) is 5.99. The van der Waals surface area contributed by atoms with E-state index in [0.717, 1.165) is 18.5 Å². The van der Waals surface area contributed by atoms with Gasteiger partial charge in [0.1, 0.15) is 0 Å². The largest absolute Gasteiger partial charge is 0.505 e. The van der Waals surface area contributed by atoms with Crippen LogP contribution >= 0.6 is 0 Å². The van der Waals surface area contributed by atoms with Crippen LogP contribution < -0.4 is 5.32 Å². The van der Waals surface area contributed by atoms with E-state index in [-0.39, 0.29) is 5.75 Å². The van der Waals surface area contributed by atoms with Gasteiger partial charge in [-0.1, -0.05) is 6.07 Å². The van der Waals surface area contributed by atoms with E-state index in [9.17, 15) is 4.39 Å². The first kappa shape index (κ1) is 14.9. The van der Waals surface area contributed by atoms with E-state index >= 15 is 0 Å². The molecular formula is C13H20FNO3. The molecule has 0 unspecified atom stereocenters. The van der Waals surface area contributed by atoms with E-state index in [1.165, 1.54) is 12.1 Å². The van der Waals surface area contributed by atoms with Gasteiger partial charge >= 0.3 is 0 Å². The van der Waals surface area contributed by atoms with Gasteiger partial charge in [0.05, 0.1) is 13.2 Å². The second-order valence-corrected chi connectivity index (χ2v) is 3.92. The Morgan fingerprint density at radius 2 is 2.11 bits per heavy atom.